The van der Waals surface area contributed by atoms with Gasteiger partial charge in [-0.15, -0.1) is 0 Å². The molecule has 0 spiro atoms. The lowest BCUT2D eigenvalue weighted by atomic mass is 10.1. The van der Waals surface area contributed by atoms with Gasteiger partial charge in [-0.2, -0.15) is 17.5 Å². The summed E-state index contributed by atoms with van der Waals surface area (Å²) < 4.78 is 48.2. The van der Waals surface area contributed by atoms with Gasteiger partial charge < -0.3 is 25.6 Å². The lowest BCUT2D eigenvalue weighted by molar-refractivity contribution is -0.137. The third-order valence-corrected chi connectivity index (χ3v) is 5.58. The summed E-state index contributed by atoms with van der Waals surface area (Å²) >= 11 is 0.969. The molecule has 0 fully saturated rings. The van der Waals surface area contributed by atoms with E-state index in [0.29, 0.717) is 22.9 Å². The molecule has 1 aromatic heterocycles. The van der Waals surface area contributed by atoms with Crippen molar-refractivity contribution in [2.45, 2.75) is 32.5 Å². The summed E-state index contributed by atoms with van der Waals surface area (Å²) in [5, 5.41) is 34.1. The molecular weight excluding hydrogens is 457 g/mol. The number of nitrogens with zero attached hydrogens (tertiary/aromatic N) is 1. The number of amidine groups is 1. The Morgan fingerprint density at radius 1 is 1.21 bits per heavy atom. The highest BCUT2D eigenvalue weighted by Gasteiger charge is 2.30. The SMILES string of the molecule is CCC(CO)NC(=N)c1c(O)nsc1Nc1ccc(Oc2cccc(C(F)(F)F)c2)cc1C. The standard InChI is InChI=1S/C22H23F3N4O3S/c1-3-14(11-30)27-19(26)18-20(31)29-33-21(18)28-17-8-7-16(9-12(17)2)32-15-6-4-5-13(10-15)22(23,24)25/h4-10,14,28,30H,3,11H2,1-2H3,(H2,26,27)(H,29,31). The molecule has 3 aromatic rings. The maximum Gasteiger partial charge on any atom is 0.416 e. The first-order chi connectivity index (χ1) is 15.6. The third-order valence-electron chi connectivity index (χ3n) is 4.83. The Hall–Kier alpha value is -3.31. The number of nitrogens with one attached hydrogen (secondary N) is 3. The summed E-state index contributed by atoms with van der Waals surface area (Å²) in [6, 6.07) is 9.23. The molecule has 0 saturated heterocycles. The van der Waals surface area contributed by atoms with Gasteiger partial charge in [0.25, 0.3) is 0 Å². The molecule has 0 bridgehead atoms. The van der Waals surface area contributed by atoms with E-state index in [2.05, 4.69) is 15.0 Å². The number of hydrogen-bond acceptors (Lipinski definition) is 7. The fourth-order valence-electron chi connectivity index (χ4n) is 2.98. The van der Waals surface area contributed by atoms with Crippen molar-refractivity contribution in [3.63, 3.8) is 0 Å². The van der Waals surface area contributed by atoms with E-state index in [9.17, 15) is 23.4 Å². The van der Waals surface area contributed by atoms with Gasteiger partial charge in [0.05, 0.1) is 18.2 Å². The third kappa shape index (κ3) is 5.93. The topological polar surface area (TPSA) is 110 Å². The van der Waals surface area contributed by atoms with Crippen molar-refractivity contribution in [3.8, 4) is 17.4 Å². The van der Waals surface area contributed by atoms with Crippen LogP contribution in [0.5, 0.6) is 17.4 Å². The van der Waals surface area contributed by atoms with Crippen molar-refractivity contribution in [2.75, 3.05) is 11.9 Å². The normalized spacial score (nSPS) is 12.3. The highest BCUT2D eigenvalue weighted by atomic mass is 32.1. The Labute approximate surface area is 192 Å². The fourth-order valence-corrected chi connectivity index (χ4v) is 3.69. The molecule has 2 aromatic carbocycles. The number of benzene rings is 2. The van der Waals surface area contributed by atoms with E-state index in [1.165, 1.54) is 12.1 Å². The average molecular weight is 481 g/mol. The first kappa shape index (κ1) is 24.3. The predicted octanol–water partition coefficient (Wildman–Crippen LogP) is 5.40. The van der Waals surface area contributed by atoms with E-state index in [0.717, 1.165) is 29.2 Å². The second-order valence-electron chi connectivity index (χ2n) is 7.25. The molecule has 0 amide bonds. The minimum atomic E-state index is -4.46. The van der Waals surface area contributed by atoms with Crippen molar-refractivity contribution in [1.29, 1.82) is 5.41 Å². The van der Waals surface area contributed by atoms with Crippen LogP contribution in [0.15, 0.2) is 42.5 Å². The summed E-state index contributed by atoms with van der Waals surface area (Å²) in [6.07, 6.45) is -3.87. The van der Waals surface area contributed by atoms with Crippen LogP contribution in [0.4, 0.5) is 23.9 Å². The van der Waals surface area contributed by atoms with Gasteiger partial charge in [0.1, 0.15) is 27.9 Å². The zero-order valence-corrected chi connectivity index (χ0v) is 18.6. The van der Waals surface area contributed by atoms with Crippen molar-refractivity contribution in [1.82, 2.24) is 9.69 Å². The van der Waals surface area contributed by atoms with Gasteiger partial charge in [0, 0.05) is 5.69 Å². The van der Waals surface area contributed by atoms with Crippen LogP contribution in [0.2, 0.25) is 0 Å². The molecule has 1 unspecified atom stereocenters. The molecule has 0 aliphatic carbocycles. The summed E-state index contributed by atoms with van der Waals surface area (Å²) in [6.45, 7) is 3.48. The number of aliphatic hydroxyl groups is 1. The maximum absolute atomic E-state index is 12.9. The predicted molar refractivity (Wildman–Crippen MR) is 121 cm³/mol. The molecule has 7 nitrogen and oxygen atoms in total. The number of alkyl halides is 3. The number of aryl methyl sites for hydroxylation is 1. The van der Waals surface area contributed by atoms with E-state index in [1.807, 2.05) is 6.92 Å². The Bertz CT molecular complexity index is 1130. The van der Waals surface area contributed by atoms with Gasteiger partial charge >= 0.3 is 6.18 Å². The molecule has 5 N–H and O–H groups in total. The highest BCUT2D eigenvalue weighted by Crippen LogP contribution is 2.36. The summed E-state index contributed by atoms with van der Waals surface area (Å²) in [5.41, 5.74) is 0.739. The summed E-state index contributed by atoms with van der Waals surface area (Å²) in [7, 11) is 0. The Morgan fingerprint density at radius 3 is 2.58 bits per heavy atom. The summed E-state index contributed by atoms with van der Waals surface area (Å²) in [4.78, 5) is 0. The molecule has 1 heterocycles. The van der Waals surface area contributed by atoms with Crippen molar-refractivity contribution >= 4 is 28.1 Å². The van der Waals surface area contributed by atoms with Crippen LogP contribution >= 0.6 is 11.5 Å². The molecule has 33 heavy (non-hydrogen) atoms. The number of hydrogen-bond donors (Lipinski definition) is 5. The fraction of sp³-hybridized carbons (Fsp3) is 0.273. The van der Waals surface area contributed by atoms with Crippen molar-refractivity contribution in [2.24, 2.45) is 0 Å². The first-order valence-electron chi connectivity index (χ1n) is 10.00. The second kappa shape index (κ2) is 10.1. The van der Waals surface area contributed by atoms with Gasteiger partial charge in [0.2, 0.25) is 5.88 Å². The van der Waals surface area contributed by atoms with E-state index >= 15 is 0 Å². The monoisotopic (exact) mass is 480 g/mol. The number of rotatable bonds is 8. The number of aromatic nitrogens is 1. The second-order valence-corrected chi connectivity index (χ2v) is 8.02. The number of ether oxygens (including phenoxy) is 1. The first-order valence-corrected chi connectivity index (χ1v) is 10.8. The quantitative estimate of drug-likeness (QED) is 0.218. The lowest BCUT2D eigenvalue weighted by Crippen LogP contribution is -2.37. The number of anilines is 2. The van der Waals surface area contributed by atoms with Gasteiger partial charge in [-0.3, -0.25) is 5.41 Å². The van der Waals surface area contributed by atoms with E-state index in [-0.39, 0.29) is 35.7 Å². The molecule has 0 saturated carbocycles. The van der Waals surface area contributed by atoms with Crippen LogP contribution in [0, 0.1) is 12.3 Å². The highest BCUT2D eigenvalue weighted by molar-refractivity contribution is 7.11. The minimum Gasteiger partial charge on any atom is -0.492 e. The van der Waals surface area contributed by atoms with Crippen LogP contribution < -0.4 is 15.4 Å². The molecular formula is C22H23F3N4O3S. The molecule has 1 atom stereocenters. The van der Waals surface area contributed by atoms with Crippen molar-refractivity contribution in [3.05, 3.63) is 59.2 Å². The van der Waals surface area contributed by atoms with Gasteiger partial charge in [0.15, 0.2) is 0 Å². The van der Waals surface area contributed by atoms with Crippen LogP contribution in [0.25, 0.3) is 0 Å². The molecule has 0 radical (unpaired) electrons. The average Bonchev–Trinajstić information content (AvgIpc) is 3.13. The Kier molecular flexibility index (Phi) is 7.44. The maximum atomic E-state index is 12.9. The minimum absolute atomic E-state index is 0.0634. The van der Waals surface area contributed by atoms with Crippen LogP contribution in [-0.2, 0) is 6.18 Å². The van der Waals surface area contributed by atoms with Gasteiger partial charge in [-0.1, -0.05) is 13.0 Å². The Morgan fingerprint density at radius 2 is 1.94 bits per heavy atom. The van der Waals surface area contributed by atoms with E-state index < -0.39 is 11.7 Å². The van der Waals surface area contributed by atoms with Gasteiger partial charge in [-0.25, -0.2) is 0 Å². The number of aliphatic hydroxyl groups excluding tert-OH is 1. The largest absolute Gasteiger partial charge is 0.492 e. The van der Waals surface area contributed by atoms with E-state index in [4.69, 9.17) is 10.1 Å². The van der Waals surface area contributed by atoms with Crippen LogP contribution in [-0.4, -0.2) is 33.1 Å². The zero-order chi connectivity index (χ0) is 24.2. The number of aromatic hydroxyl groups is 1. The molecule has 0 aliphatic rings. The molecule has 176 valence electrons. The van der Waals surface area contributed by atoms with Gasteiger partial charge in [-0.05, 0) is 66.8 Å². The van der Waals surface area contributed by atoms with E-state index in [1.54, 1.807) is 25.1 Å². The summed E-state index contributed by atoms with van der Waals surface area (Å²) in [5.74, 6) is 0.0307. The number of halogens is 3. The molecule has 3 rings (SSSR count). The lowest BCUT2D eigenvalue weighted by Gasteiger charge is -2.17. The smallest absolute Gasteiger partial charge is 0.416 e. The van der Waals surface area contributed by atoms with Crippen LogP contribution in [0.1, 0.15) is 30.0 Å². The Balaban J connectivity index is 1.78. The molecule has 11 heteroatoms. The van der Waals surface area contributed by atoms with Crippen LogP contribution in [0.3, 0.4) is 0 Å². The zero-order valence-electron chi connectivity index (χ0n) is 17.8. The van der Waals surface area contributed by atoms with Crippen molar-refractivity contribution < 1.29 is 28.1 Å². The molecule has 0 aliphatic heterocycles.